The van der Waals surface area contributed by atoms with E-state index >= 15 is 0 Å². The number of rotatable bonds is 6. The number of hydrogen-bond acceptors (Lipinski definition) is 6. The molecule has 1 aliphatic rings. The molecule has 4 aromatic rings. The Morgan fingerprint density at radius 1 is 1.09 bits per heavy atom. The van der Waals surface area contributed by atoms with Crippen molar-refractivity contribution in [1.29, 1.82) is 0 Å². The summed E-state index contributed by atoms with van der Waals surface area (Å²) in [4.78, 5) is 24.8. The van der Waals surface area contributed by atoms with Gasteiger partial charge in [0.25, 0.3) is 0 Å². The number of aryl methyl sites for hydroxylation is 1. The average Bonchev–Trinajstić information content (AvgIpc) is 3.51. The number of carbonyl (C=O) groups excluding carboxylic acids is 1. The third-order valence-corrected chi connectivity index (χ3v) is 8.92. The molecule has 9 heteroatoms. The maximum atomic E-state index is 13.9. The third kappa shape index (κ3) is 4.34. The highest BCUT2D eigenvalue weighted by atomic mass is 32.2. The lowest BCUT2D eigenvalue weighted by atomic mass is 10.2. The van der Waals surface area contributed by atoms with Gasteiger partial charge in [0.15, 0.2) is 5.13 Å². The van der Waals surface area contributed by atoms with E-state index in [1.165, 1.54) is 15.6 Å². The molecule has 1 saturated heterocycles. The Balaban J connectivity index is 1.51. The molecule has 0 N–H and O–H groups in total. The number of pyridine rings is 1. The van der Waals surface area contributed by atoms with Crippen molar-refractivity contribution in [2.75, 3.05) is 11.4 Å². The molecule has 174 valence electrons. The monoisotopic (exact) mass is 492 g/mol. The number of benzene rings is 2. The number of sulfonamides is 1. The topological polar surface area (TPSA) is 83.5 Å². The van der Waals surface area contributed by atoms with Crippen molar-refractivity contribution >= 4 is 42.6 Å². The molecule has 1 fully saturated rings. The second-order valence-electron chi connectivity index (χ2n) is 8.30. The van der Waals surface area contributed by atoms with E-state index in [1.807, 2.05) is 49.4 Å². The van der Waals surface area contributed by atoms with E-state index in [9.17, 15) is 13.2 Å². The standard InChI is InChI=1S/C25H24N4O3S2/c1-18-11-13-20(14-12-18)34(31,32)29-16-6-9-22(29)24(30)28(17-19-7-4-5-15-26-19)25-27-21-8-2-3-10-23(21)33-25/h2-5,7-8,10-15,22H,6,9,16-17H2,1H3. The van der Waals surface area contributed by atoms with Crippen LogP contribution in [0.3, 0.4) is 0 Å². The quantitative estimate of drug-likeness (QED) is 0.399. The van der Waals surface area contributed by atoms with Gasteiger partial charge in [-0.2, -0.15) is 4.31 Å². The molecule has 34 heavy (non-hydrogen) atoms. The smallest absolute Gasteiger partial charge is 0.247 e. The van der Waals surface area contributed by atoms with Gasteiger partial charge >= 0.3 is 0 Å². The van der Waals surface area contributed by atoms with Gasteiger partial charge in [-0.1, -0.05) is 47.2 Å². The Labute approximate surface area is 202 Å². The first kappa shape index (κ1) is 22.6. The maximum absolute atomic E-state index is 13.9. The molecule has 1 unspecified atom stereocenters. The van der Waals surface area contributed by atoms with Crippen LogP contribution < -0.4 is 4.90 Å². The van der Waals surface area contributed by atoms with Crippen molar-refractivity contribution in [3.05, 3.63) is 84.2 Å². The molecule has 2 aromatic carbocycles. The number of fused-ring (bicyclic) bond motifs is 1. The zero-order valence-corrected chi connectivity index (χ0v) is 20.3. The van der Waals surface area contributed by atoms with Gasteiger partial charge in [0.1, 0.15) is 6.04 Å². The molecule has 0 bridgehead atoms. The summed E-state index contributed by atoms with van der Waals surface area (Å²) in [6.07, 6.45) is 2.77. The fourth-order valence-electron chi connectivity index (χ4n) is 4.17. The van der Waals surface area contributed by atoms with E-state index in [-0.39, 0.29) is 17.3 Å². The molecule has 7 nitrogen and oxygen atoms in total. The Kier molecular flexibility index (Phi) is 6.16. The van der Waals surface area contributed by atoms with Crippen molar-refractivity contribution in [3.8, 4) is 0 Å². The number of thiazole rings is 1. The highest BCUT2D eigenvalue weighted by molar-refractivity contribution is 7.89. The van der Waals surface area contributed by atoms with Crippen LogP contribution in [0.4, 0.5) is 5.13 Å². The van der Waals surface area contributed by atoms with Crippen LogP contribution in [0.25, 0.3) is 10.2 Å². The van der Waals surface area contributed by atoms with Crippen molar-refractivity contribution in [3.63, 3.8) is 0 Å². The van der Waals surface area contributed by atoms with Gasteiger partial charge in [0, 0.05) is 12.7 Å². The highest BCUT2D eigenvalue weighted by Crippen LogP contribution is 2.33. The number of carbonyl (C=O) groups is 1. The third-order valence-electron chi connectivity index (χ3n) is 5.94. The number of anilines is 1. The Bertz CT molecular complexity index is 1390. The Morgan fingerprint density at radius 3 is 2.59 bits per heavy atom. The Hall–Kier alpha value is -3.14. The molecule has 3 heterocycles. The summed E-state index contributed by atoms with van der Waals surface area (Å²) < 4.78 is 29.2. The maximum Gasteiger partial charge on any atom is 0.247 e. The lowest BCUT2D eigenvalue weighted by Gasteiger charge is -2.28. The average molecular weight is 493 g/mol. The van der Waals surface area contributed by atoms with Gasteiger partial charge in [0.05, 0.1) is 27.4 Å². The lowest BCUT2D eigenvalue weighted by Crippen LogP contribution is -2.47. The minimum atomic E-state index is -3.81. The predicted molar refractivity (Wildman–Crippen MR) is 133 cm³/mol. The summed E-state index contributed by atoms with van der Waals surface area (Å²) in [5, 5.41) is 0.538. The predicted octanol–water partition coefficient (Wildman–Crippen LogP) is 4.39. The van der Waals surface area contributed by atoms with E-state index in [1.54, 1.807) is 35.4 Å². The summed E-state index contributed by atoms with van der Waals surface area (Å²) in [5.74, 6) is -0.280. The first-order valence-corrected chi connectivity index (χ1v) is 13.3. The van der Waals surface area contributed by atoms with E-state index in [4.69, 9.17) is 0 Å². The first-order valence-electron chi connectivity index (χ1n) is 11.1. The molecule has 1 aliphatic heterocycles. The van der Waals surface area contributed by atoms with E-state index in [2.05, 4.69) is 9.97 Å². The molecule has 2 aromatic heterocycles. The van der Waals surface area contributed by atoms with Crippen LogP contribution in [0.15, 0.2) is 77.8 Å². The van der Waals surface area contributed by atoms with Gasteiger partial charge in [-0.25, -0.2) is 13.4 Å². The molecular weight excluding hydrogens is 468 g/mol. The number of amides is 1. The zero-order chi connectivity index (χ0) is 23.7. The van der Waals surface area contributed by atoms with E-state index in [0.717, 1.165) is 15.8 Å². The van der Waals surface area contributed by atoms with Gasteiger partial charge in [-0.15, -0.1) is 0 Å². The van der Waals surface area contributed by atoms with Crippen LogP contribution in [0.5, 0.6) is 0 Å². The second kappa shape index (κ2) is 9.25. The minimum absolute atomic E-state index is 0.203. The van der Waals surface area contributed by atoms with Crippen LogP contribution in [-0.4, -0.2) is 41.2 Å². The lowest BCUT2D eigenvalue weighted by molar-refractivity contribution is -0.121. The number of nitrogens with zero attached hydrogens (tertiary/aromatic N) is 4. The molecule has 0 aliphatic carbocycles. The molecule has 1 amide bonds. The van der Waals surface area contributed by atoms with Crippen molar-refractivity contribution in [2.45, 2.75) is 37.2 Å². The molecular formula is C25H24N4O3S2. The first-order chi connectivity index (χ1) is 16.4. The fraction of sp³-hybridized carbons (Fsp3) is 0.240. The summed E-state index contributed by atoms with van der Waals surface area (Å²) in [6.45, 7) is 2.43. The van der Waals surface area contributed by atoms with Gasteiger partial charge in [-0.3, -0.25) is 14.7 Å². The molecule has 0 spiro atoms. The van der Waals surface area contributed by atoms with Crippen LogP contribution in [0.1, 0.15) is 24.1 Å². The SMILES string of the molecule is Cc1ccc(S(=O)(=O)N2CCCC2C(=O)N(Cc2ccccn2)c2nc3ccccc3s2)cc1. The fourth-order valence-corrected chi connectivity index (χ4v) is 6.79. The summed E-state index contributed by atoms with van der Waals surface area (Å²) in [6, 6.07) is 19.2. The Morgan fingerprint density at radius 2 is 1.85 bits per heavy atom. The number of para-hydroxylation sites is 1. The number of hydrogen-bond donors (Lipinski definition) is 0. The largest absolute Gasteiger partial charge is 0.281 e. The molecule has 5 rings (SSSR count). The molecule has 0 radical (unpaired) electrons. The van der Waals surface area contributed by atoms with Crippen LogP contribution in [-0.2, 0) is 21.4 Å². The van der Waals surface area contributed by atoms with Crippen LogP contribution in [0.2, 0.25) is 0 Å². The normalized spacial score (nSPS) is 16.7. The summed E-state index contributed by atoms with van der Waals surface area (Å²) >= 11 is 1.42. The molecule has 1 atom stereocenters. The zero-order valence-electron chi connectivity index (χ0n) is 18.7. The van der Waals surface area contributed by atoms with Crippen LogP contribution in [0, 0.1) is 6.92 Å². The number of aromatic nitrogens is 2. The van der Waals surface area contributed by atoms with E-state index < -0.39 is 16.1 Å². The summed E-state index contributed by atoms with van der Waals surface area (Å²) in [7, 11) is -3.81. The molecule has 0 saturated carbocycles. The highest BCUT2D eigenvalue weighted by Gasteiger charge is 2.42. The van der Waals surface area contributed by atoms with Gasteiger partial charge in [-0.05, 0) is 56.2 Å². The van der Waals surface area contributed by atoms with Crippen molar-refractivity contribution < 1.29 is 13.2 Å². The minimum Gasteiger partial charge on any atom is -0.281 e. The van der Waals surface area contributed by atoms with Gasteiger partial charge in [0.2, 0.25) is 15.9 Å². The van der Waals surface area contributed by atoms with Crippen molar-refractivity contribution in [1.82, 2.24) is 14.3 Å². The van der Waals surface area contributed by atoms with E-state index in [0.29, 0.717) is 30.2 Å². The van der Waals surface area contributed by atoms with Gasteiger partial charge < -0.3 is 0 Å². The van der Waals surface area contributed by atoms with Crippen molar-refractivity contribution in [2.24, 2.45) is 0 Å². The second-order valence-corrected chi connectivity index (χ2v) is 11.2. The summed E-state index contributed by atoms with van der Waals surface area (Å²) in [5.41, 5.74) is 2.49. The van der Waals surface area contributed by atoms with Crippen LogP contribution >= 0.6 is 11.3 Å².